The summed E-state index contributed by atoms with van der Waals surface area (Å²) in [6.45, 7) is 0.692. The second kappa shape index (κ2) is 8.75. The Labute approximate surface area is 179 Å². The fourth-order valence-electron chi connectivity index (χ4n) is 3.32. The molecule has 0 atom stereocenters. The van der Waals surface area contributed by atoms with Gasteiger partial charge in [-0.05, 0) is 61.0 Å². The summed E-state index contributed by atoms with van der Waals surface area (Å²) in [4.78, 5) is 26.3. The lowest BCUT2D eigenvalue weighted by Gasteiger charge is -2.16. The number of amides is 2. The quantitative estimate of drug-likeness (QED) is 0.588. The number of hydrogen-bond donors (Lipinski definition) is 2. The number of anilines is 2. The Morgan fingerprint density at radius 2 is 1.87 bits per heavy atom. The highest BCUT2D eigenvalue weighted by atomic mass is 32.2. The lowest BCUT2D eigenvalue weighted by Crippen LogP contribution is -2.24. The molecule has 160 valence electrons. The van der Waals surface area contributed by atoms with E-state index in [1.54, 1.807) is 41.3 Å². The lowest BCUT2D eigenvalue weighted by atomic mass is 10.1. The van der Waals surface area contributed by atoms with Crippen LogP contribution in [0.2, 0.25) is 0 Å². The Bertz CT molecular complexity index is 1190. The van der Waals surface area contributed by atoms with E-state index in [2.05, 4.69) is 10.0 Å². The van der Waals surface area contributed by atoms with Crippen LogP contribution in [0.25, 0.3) is 0 Å². The molecule has 1 aliphatic rings. The molecule has 1 saturated heterocycles. The van der Waals surface area contributed by atoms with E-state index < -0.39 is 10.0 Å². The van der Waals surface area contributed by atoms with Gasteiger partial charge in [0.2, 0.25) is 15.9 Å². The van der Waals surface area contributed by atoms with E-state index in [1.807, 2.05) is 0 Å². The van der Waals surface area contributed by atoms with Crippen molar-refractivity contribution >= 4 is 33.2 Å². The smallest absolute Gasteiger partial charge is 0.255 e. The van der Waals surface area contributed by atoms with Crippen molar-refractivity contribution in [3.05, 3.63) is 78.3 Å². The molecule has 8 nitrogen and oxygen atoms in total. The molecule has 0 bridgehead atoms. The number of nitrogens with one attached hydrogen (secondary N) is 2. The van der Waals surface area contributed by atoms with E-state index in [0.29, 0.717) is 35.7 Å². The first kappa shape index (κ1) is 20.8. The van der Waals surface area contributed by atoms with Crippen molar-refractivity contribution < 1.29 is 22.4 Å². The van der Waals surface area contributed by atoms with E-state index in [9.17, 15) is 18.0 Å². The summed E-state index contributed by atoms with van der Waals surface area (Å²) in [5.74, 6) is 0.209. The molecular weight excluding hydrogens is 418 g/mol. The fraction of sp³-hybridized carbons (Fsp3) is 0.182. The van der Waals surface area contributed by atoms with Gasteiger partial charge in [0.15, 0.2) is 0 Å². The standard InChI is InChI=1S/C22H21N3O5S/c26-21-7-2-12-25(21)18-5-1-4-16(14-18)22(27)24-17-8-10-20(11-9-17)31(28,29)23-15-19-6-3-13-30-19/h1,3-6,8-11,13-14,23H,2,7,12,15H2,(H,24,27). The van der Waals surface area contributed by atoms with Crippen molar-refractivity contribution in [1.82, 2.24) is 4.72 Å². The van der Waals surface area contributed by atoms with Gasteiger partial charge in [-0.25, -0.2) is 13.1 Å². The van der Waals surface area contributed by atoms with Gasteiger partial charge in [-0.15, -0.1) is 0 Å². The molecule has 9 heteroatoms. The van der Waals surface area contributed by atoms with Crippen LogP contribution in [0.1, 0.15) is 29.0 Å². The molecule has 4 rings (SSSR count). The molecule has 2 heterocycles. The SMILES string of the molecule is O=C(Nc1ccc(S(=O)(=O)NCc2ccco2)cc1)c1cccc(N2CCCC2=O)c1. The van der Waals surface area contributed by atoms with E-state index >= 15 is 0 Å². The molecular formula is C22H21N3O5S. The minimum absolute atomic E-state index is 0.0453. The average molecular weight is 439 g/mol. The van der Waals surface area contributed by atoms with E-state index in [4.69, 9.17) is 4.42 Å². The molecule has 0 spiro atoms. The monoisotopic (exact) mass is 439 g/mol. The number of benzene rings is 2. The highest BCUT2D eigenvalue weighted by Gasteiger charge is 2.22. The first-order valence-corrected chi connectivity index (χ1v) is 11.2. The number of furan rings is 1. The molecule has 3 aromatic rings. The van der Waals surface area contributed by atoms with E-state index in [-0.39, 0.29) is 23.3 Å². The van der Waals surface area contributed by atoms with Gasteiger partial charge in [-0.3, -0.25) is 9.59 Å². The molecule has 1 aliphatic heterocycles. The summed E-state index contributed by atoms with van der Waals surface area (Å²) >= 11 is 0. The molecule has 0 saturated carbocycles. The largest absolute Gasteiger partial charge is 0.468 e. The zero-order valence-corrected chi connectivity index (χ0v) is 17.4. The first-order chi connectivity index (χ1) is 14.9. The predicted molar refractivity (Wildman–Crippen MR) is 115 cm³/mol. The van der Waals surface area contributed by atoms with Crippen LogP contribution < -0.4 is 14.9 Å². The summed E-state index contributed by atoms with van der Waals surface area (Å²) in [7, 11) is -3.71. The molecule has 2 aromatic carbocycles. The van der Waals surface area contributed by atoms with Gasteiger partial charge < -0.3 is 14.6 Å². The van der Waals surface area contributed by atoms with Crippen molar-refractivity contribution in [2.24, 2.45) is 0 Å². The topological polar surface area (TPSA) is 109 Å². The second-order valence-corrected chi connectivity index (χ2v) is 8.85. The van der Waals surface area contributed by atoms with Crippen LogP contribution >= 0.6 is 0 Å². The lowest BCUT2D eigenvalue weighted by molar-refractivity contribution is -0.117. The van der Waals surface area contributed by atoms with Crippen molar-refractivity contribution in [2.45, 2.75) is 24.3 Å². The summed E-state index contributed by atoms with van der Waals surface area (Å²) < 4.78 is 32.4. The van der Waals surface area contributed by atoms with E-state index in [0.717, 1.165) is 6.42 Å². The fourth-order valence-corrected chi connectivity index (χ4v) is 4.31. The summed E-state index contributed by atoms with van der Waals surface area (Å²) in [6, 6.07) is 16.1. The maximum Gasteiger partial charge on any atom is 0.255 e. The number of rotatable bonds is 7. The number of sulfonamides is 1. The van der Waals surface area contributed by atoms with Gasteiger partial charge in [0.25, 0.3) is 5.91 Å². The number of nitrogens with zero attached hydrogens (tertiary/aromatic N) is 1. The summed E-state index contributed by atoms with van der Waals surface area (Å²) in [5.41, 5.74) is 1.56. The van der Waals surface area contributed by atoms with Gasteiger partial charge in [-0.2, -0.15) is 0 Å². The van der Waals surface area contributed by atoms with E-state index in [1.165, 1.54) is 30.5 Å². The summed E-state index contributed by atoms with van der Waals surface area (Å²) in [6.07, 6.45) is 2.79. The Hall–Kier alpha value is -3.43. The van der Waals surface area contributed by atoms with Gasteiger partial charge >= 0.3 is 0 Å². The maximum atomic E-state index is 12.6. The first-order valence-electron chi connectivity index (χ1n) is 9.76. The highest BCUT2D eigenvalue weighted by Crippen LogP contribution is 2.23. The molecule has 2 amide bonds. The molecule has 0 radical (unpaired) electrons. The minimum atomic E-state index is -3.71. The van der Waals surface area contributed by atoms with Crippen LogP contribution in [0.5, 0.6) is 0 Å². The van der Waals surface area contributed by atoms with Gasteiger partial charge in [0.1, 0.15) is 5.76 Å². The van der Waals surface area contributed by atoms with Crippen molar-refractivity contribution in [3.63, 3.8) is 0 Å². The molecule has 1 fully saturated rings. The third-order valence-electron chi connectivity index (χ3n) is 4.93. The maximum absolute atomic E-state index is 12.6. The average Bonchev–Trinajstić information content (AvgIpc) is 3.44. The third-order valence-corrected chi connectivity index (χ3v) is 6.35. The summed E-state index contributed by atoms with van der Waals surface area (Å²) in [5, 5.41) is 2.75. The van der Waals surface area contributed by atoms with Crippen molar-refractivity contribution in [3.8, 4) is 0 Å². The normalized spacial score (nSPS) is 14.1. The molecule has 1 aromatic heterocycles. The van der Waals surface area contributed by atoms with Crippen LogP contribution in [0.3, 0.4) is 0 Å². The van der Waals surface area contributed by atoms with Gasteiger partial charge in [-0.1, -0.05) is 6.07 Å². The zero-order valence-electron chi connectivity index (χ0n) is 16.6. The third kappa shape index (κ3) is 4.84. The molecule has 31 heavy (non-hydrogen) atoms. The zero-order chi connectivity index (χ0) is 21.8. The molecule has 0 aliphatic carbocycles. The van der Waals surface area contributed by atoms with Crippen molar-refractivity contribution in [1.29, 1.82) is 0 Å². The Kier molecular flexibility index (Phi) is 5.88. The van der Waals surface area contributed by atoms with Gasteiger partial charge in [0, 0.05) is 29.9 Å². The van der Waals surface area contributed by atoms with Crippen LogP contribution in [-0.2, 0) is 21.4 Å². The highest BCUT2D eigenvalue weighted by molar-refractivity contribution is 7.89. The Balaban J connectivity index is 1.42. The number of carbonyl (C=O) groups is 2. The predicted octanol–water partition coefficient (Wildman–Crippen LogP) is 3.14. The number of carbonyl (C=O) groups excluding carboxylic acids is 2. The minimum Gasteiger partial charge on any atom is -0.468 e. The molecule has 2 N–H and O–H groups in total. The Morgan fingerprint density at radius 1 is 1.06 bits per heavy atom. The second-order valence-electron chi connectivity index (χ2n) is 7.08. The number of hydrogen-bond acceptors (Lipinski definition) is 5. The van der Waals surface area contributed by atoms with Crippen LogP contribution in [0, 0.1) is 0 Å². The van der Waals surface area contributed by atoms with Gasteiger partial charge in [0.05, 0.1) is 17.7 Å². The van der Waals surface area contributed by atoms with Crippen LogP contribution in [0.4, 0.5) is 11.4 Å². The molecule has 0 unspecified atom stereocenters. The van der Waals surface area contributed by atoms with Crippen LogP contribution in [0.15, 0.2) is 76.2 Å². The van der Waals surface area contributed by atoms with Crippen LogP contribution in [-0.4, -0.2) is 26.8 Å². The Morgan fingerprint density at radius 3 is 2.55 bits per heavy atom. The van der Waals surface area contributed by atoms with Crippen molar-refractivity contribution in [2.75, 3.05) is 16.8 Å².